The maximum atomic E-state index is 10.7. The van der Waals surface area contributed by atoms with Crippen molar-refractivity contribution in [3.8, 4) is 11.6 Å². The molecule has 0 saturated heterocycles. The SMILES string of the molecule is Cc1cc(C=O)cnc1Oc1ccc2c(c1)CCC2. The summed E-state index contributed by atoms with van der Waals surface area (Å²) < 4.78 is 5.81. The van der Waals surface area contributed by atoms with Gasteiger partial charge in [-0.2, -0.15) is 0 Å². The summed E-state index contributed by atoms with van der Waals surface area (Å²) in [6.07, 6.45) is 5.84. The summed E-state index contributed by atoms with van der Waals surface area (Å²) in [4.78, 5) is 14.9. The minimum Gasteiger partial charge on any atom is -0.439 e. The van der Waals surface area contributed by atoms with Gasteiger partial charge in [-0.1, -0.05) is 6.07 Å². The number of rotatable bonds is 3. The van der Waals surface area contributed by atoms with Crippen molar-refractivity contribution in [1.29, 1.82) is 0 Å². The van der Waals surface area contributed by atoms with Gasteiger partial charge in [-0.25, -0.2) is 4.98 Å². The van der Waals surface area contributed by atoms with Gasteiger partial charge in [0, 0.05) is 17.3 Å². The summed E-state index contributed by atoms with van der Waals surface area (Å²) in [5.74, 6) is 1.37. The predicted octanol–water partition coefficient (Wildman–Crippen LogP) is 3.48. The molecule has 3 heteroatoms. The van der Waals surface area contributed by atoms with Crippen molar-refractivity contribution in [2.24, 2.45) is 0 Å². The number of aryl methyl sites for hydroxylation is 3. The van der Waals surface area contributed by atoms with E-state index in [4.69, 9.17) is 4.74 Å². The zero-order chi connectivity index (χ0) is 13.2. The maximum absolute atomic E-state index is 10.7. The van der Waals surface area contributed by atoms with Gasteiger partial charge in [0.15, 0.2) is 6.29 Å². The second-order valence-electron chi connectivity index (χ2n) is 4.89. The second-order valence-corrected chi connectivity index (χ2v) is 4.89. The Morgan fingerprint density at radius 1 is 1.21 bits per heavy atom. The Morgan fingerprint density at radius 3 is 2.84 bits per heavy atom. The predicted molar refractivity (Wildman–Crippen MR) is 72.9 cm³/mol. The van der Waals surface area contributed by atoms with Crippen molar-refractivity contribution >= 4 is 6.29 Å². The fourth-order valence-electron chi connectivity index (χ4n) is 2.48. The average Bonchev–Trinajstić information content (AvgIpc) is 2.88. The number of carbonyl (C=O) groups is 1. The molecule has 0 aliphatic heterocycles. The Bertz CT molecular complexity index is 635. The fraction of sp³-hybridized carbons (Fsp3) is 0.250. The smallest absolute Gasteiger partial charge is 0.222 e. The van der Waals surface area contributed by atoms with Crippen molar-refractivity contribution in [2.45, 2.75) is 26.2 Å². The molecule has 0 radical (unpaired) electrons. The summed E-state index contributed by atoms with van der Waals surface area (Å²) in [6, 6.07) is 7.99. The van der Waals surface area contributed by atoms with Crippen LogP contribution in [0.15, 0.2) is 30.5 Å². The summed E-state index contributed by atoms with van der Waals surface area (Å²) in [6.45, 7) is 1.89. The lowest BCUT2D eigenvalue weighted by Crippen LogP contribution is -1.94. The van der Waals surface area contributed by atoms with Crippen LogP contribution >= 0.6 is 0 Å². The first kappa shape index (κ1) is 11.9. The third-order valence-corrected chi connectivity index (χ3v) is 3.47. The van der Waals surface area contributed by atoms with Gasteiger partial charge in [-0.05, 0) is 55.5 Å². The van der Waals surface area contributed by atoms with Gasteiger partial charge < -0.3 is 4.74 Å². The Kier molecular flexibility index (Phi) is 3.03. The molecule has 0 N–H and O–H groups in total. The van der Waals surface area contributed by atoms with Crippen molar-refractivity contribution in [1.82, 2.24) is 4.98 Å². The van der Waals surface area contributed by atoms with E-state index < -0.39 is 0 Å². The Balaban J connectivity index is 1.87. The molecule has 0 bridgehead atoms. The number of pyridine rings is 1. The van der Waals surface area contributed by atoms with Crippen molar-refractivity contribution in [2.75, 3.05) is 0 Å². The molecule has 1 aliphatic carbocycles. The minimum atomic E-state index is 0.559. The summed E-state index contributed by atoms with van der Waals surface area (Å²) >= 11 is 0. The maximum Gasteiger partial charge on any atom is 0.222 e. The van der Waals surface area contributed by atoms with Crippen LogP contribution in [-0.2, 0) is 12.8 Å². The second kappa shape index (κ2) is 4.84. The molecule has 0 spiro atoms. The van der Waals surface area contributed by atoms with Gasteiger partial charge in [0.2, 0.25) is 5.88 Å². The molecule has 1 heterocycles. The molecular formula is C16H15NO2. The molecule has 1 aromatic heterocycles. The zero-order valence-electron chi connectivity index (χ0n) is 10.8. The number of ether oxygens (including phenoxy) is 1. The van der Waals surface area contributed by atoms with Crippen LogP contribution in [-0.4, -0.2) is 11.3 Å². The highest BCUT2D eigenvalue weighted by Crippen LogP contribution is 2.29. The molecule has 0 atom stereocenters. The van der Waals surface area contributed by atoms with Gasteiger partial charge in [0.05, 0.1) is 0 Å². The monoisotopic (exact) mass is 253 g/mol. The number of carbonyl (C=O) groups excluding carboxylic acids is 1. The third kappa shape index (κ3) is 2.36. The number of fused-ring (bicyclic) bond motifs is 1. The van der Waals surface area contributed by atoms with Crippen LogP contribution in [0.1, 0.15) is 33.5 Å². The summed E-state index contributed by atoms with van der Waals surface area (Å²) in [7, 11) is 0. The van der Waals surface area contributed by atoms with E-state index in [0.717, 1.165) is 24.0 Å². The number of aldehydes is 1. The topological polar surface area (TPSA) is 39.2 Å². The summed E-state index contributed by atoms with van der Waals surface area (Å²) in [5.41, 5.74) is 4.23. The molecule has 2 aromatic rings. The summed E-state index contributed by atoms with van der Waals surface area (Å²) in [5, 5.41) is 0. The van der Waals surface area contributed by atoms with E-state index in [1.807, 2.05) is 13.0 Å². The average molecular weight is 253 g/mol. The molecular weight excluding hydrogens is 238 g/mol. The first-order valence-corrected chi connectivity index (χ1v) is 6.48. The van der Waals surface area contributed by atoms with E-state index in [1.54, 1.807) is 6.07 Å². The number of nitrogens with zero attached hydrogens (tertiary/aromatic N) is 1. The molecule has 1 aromatic carbocycles. The normalized spacial score (nSPS) is 13.1. The lowest BCUT2D eigenvalue weighted by Gasteiger charge is -2.09. The van der Waals surface area contributed by atoms with Crippen molar-refractivity contribution < 1.29 is 9.53 Å². The molecule has 0 amide bonds. The van der Waals surface area contributed by atoms with Gasteiger partial charge >= 0.3 is 0 Å². The minimum absolute atomic E-state index is 0.559. The Labute approximate surface area is 112 Å². The number of hydrogen-bond acceptors (Lipinski definition) is 3. The van der Waals surface area contributed by atoms with Crippen molar-refractivity contribution in [3.05, 3.63) is 52.7 Å². The van der Waals surface area contributed by atoms with E-state index in [9.17, 15) is 4.79 Å². The number of aromatic nitrogens is 1. The van der Waals surface area contributed by atoms with Crippen LogP contribution in [0.3, 0.4) is 0 Å². The van der Waals surface area contributed by atoms with Crippen LogP contribution < -0.4 is 4.74 Å². The van der Waals surface area contributed by atoms with E-state index in [0.29, 0.717) is 11.4 Å². The fourth-order valence-corrected chi connectivity index (χ4v) is 2.48. The van der Waals surface area contributed by atoms with Crippen LogP contribution in [0.5, 0.6) is 11.6 Å². The van der Waals surface area contributed by atoms with E-state index >= 15 is 0 Å². The van der Waals surface area contributed by atoms with Gasteiger partial charge in [0.25, 0.3) is 0 Å². The number of benzene rings is 1. The van der Waals surface area contributed by atoms with Crippen LogP contribution in [0.2, 0.25) is 0 Å². The standard InChI is InChI=1S/C16H15NO2/c1-11-7-12(10-18)9-17-16(11)19-15-6-5-13-3-2-4-14(13)8-15/h5-10H,2-4H2,1H3. The van der Waals surface area contributed by atoms with Crippen LogP contribution in [0, 0.1) is 6.92 Å². The Hall–Kier alpha value is -2.16. The van der Waals surface area contributed by atoms with E-state index in [1.165, 1.54) is 30.2 Å². The zero-order valence-corrected chi connectivity index (χ0v) is 10.8. The van der Waals surface area contributed by atoms with E-state index in [-0.39, 0.29) is 0 Å². The molecule has 96 valence electrons. The molecule has 3 rings (SSSR count). The van der Waals surface area contributed by atoms with Gasteiger partial charge in [-0.15, -0.1) is 0 Å². The van der Waals surface area contributed by atoms with Gasteiger partial charge in [-0.3, -0.25) is 4.79 Å². The molecule has 19 heavy (non-hydrogen) atoms. The first-order valence-electron chi connectivity index (χ1n) is 6.48. The third-order valence-electron chi connectivity index (χ3n) is 3.47. The van der Waals surface area contributed by atoms with Crippen molar-refractivity contribution in [3.63, 3.8) is 0 Å². The van der Waals surface area contributed by atoms with Gasteiger partial charge in [0.1, 0.15) is 5.75 Å². The lowest BCUT2D eigenvalue weighted by atomic mass is 10.1. The molecule has 3 nitrogen and oxygen atoms in total. The number of hydrogen-bond donors (Lipinski definition) is 0. The molecule has 0 unspecified atom stereocenters. The quantitative estimate of drug-likeness (QED) is 0.786. The van der Waals surface area contributed by atoms with E-state index in [2.05, 4.69) is 17.1 Å². The largest absolute Gasteiger partial charge is 0.439 e. The molecule has 1 aliphatic rings. The molecule has 0 saturated carbocycles. The highest BCUT2D eigenvalue weighted by molar-refractivity contribution is 5.74. The first-order chi connectivity index (χ1) is 9.26. The highest BCUT2D eigenvalue weighted by Gasteiger charge is 2.12. The highest BCUT2D eigenvalue weighted by atomic mass is 16.5. The Morgan fingerprint density at radius 2 is 2.05 bits per heavy atom. The van der Waals surface area contributed by atoms with Crippen LogP contribution in [0.4, 0.5) is 0 Å². The molecule has 0 fully saturated rings. The lowest BCUT2D eigenvalue weighted by molar-refractivity contribution is 0.112. The van der Waals surface area contributed by atoms with Crippen LogP contribution in [0.25, 0.3) is 0 Å².